The van der Waals surface area contributed by atoms with Crippen LogP contribution in [-0.2, 0) is 0 Å². The summed E-state index contributed by atoms with van der Waals surface area (Å²) in [6.07, 6.45) is 9.26. The van der Waals surface area contributed by atoms with E-state index in [0.717, 1.165) is 38.8 Å². The van der Waals surface area contributed by atoms with Gasteiger partial charge < -0.3 is 10.2 Å². The first-order chi connectivity index (χ1) is 8.77. The summed E-state index contributed by atoms with van der Waals surface area (Å²) < 4.78 is 0. The molecule has 5 heteroatoms. The van der Waals surface area contributed by atoms with Gasteiger partial charge in [-0.05, 0) is 12.8 Å². The summed E-state index contributed by atoms with van der Waals surface area (Å²) in [6, 6.07) is 0.517. The Morgan fingerprint density at radius 2 is 1.67 bits per heavy atom. The van der Waals surface area contributed by atoms with E-state index in [1.54, 1.807) is 0 Å². The highest BCUT2D eigenvalue weighted by atomic mass is 16.2. The Labute approximate surface area is 108 Å². The maximum Gasteiger partial charge on any atom is 0.317 e. The molecule has 1 spiro atoms. The van der Waals surface area contributed by atoms with Gasteiger partial charge >= 0.3 is 6.03 Å². The predicted octanol–water partition coefficient (Wildman–Crippen LogP) is 2.68. The molecule has 1 saturated heterocycles. The monoisotopic (exact) mass is 250 g/mol. The highest BCUT2D eigenvalue weighted by molar-refractivity contribution is 5.74. The summed E-state index contributed by atoms with van der Waals surface area (Å²) in [5, 5.41) is 11.4. The summed E-state index contributed by atoms with van der Waals surface area (Å²) in [7, 11) is 0. The van der Waals surface area contributed by atoms with E-state index in [4.69, 9.17) is 0 Å². The molecule has 0 aromatic heterocycles. The predicted molar refractivity (Wildman–Crippen MR) is 68.4 cm³/mol. The zero-order chi connectivity index (χ0) is 12.4. The Balaban J connectivity index is 1.45. The van der Waals surface area contributed by atoms with E-state index < -0.39 is 0 Å². The largest absolute Gasteiger partial charge is 0.335 e. The molecule has 0 unspecified atom stereocenters. The van der Waals surface area contributed by atoms with Crippen molar-refractivity contribution in [1.29, 1.82) is 0 Å². The van der Waals surface area contributed by atoms with Crippen molar-refractivity contribution < 1.29 is 4.79 Å². The molecule has 2 amide bonds. The molecule has 1 aliphatic carbocycles. The number of urea groups is 1. The second-order valence-electron chi connectivity index (χ2n) is 5.81. The van der Waals surface area contributed by atoms with Crippen LogP contribution in [0.5, 0.6) is 0 Å². The minimum absolute atomic E-state index is 0.0842. The Morgan fingerprint density at radius 1 is 1.06 bits per heavy atom. The first-order valence-electron chi connectivity index (χ1n) is 7.27. The van der Waals surface area contributed by atoms with Gasteiger partial charge in [0.15, 0.2) is 5.66 Å². The Hall–Kier alpha value is -1.13. The van der Waals surface area contributed by atoms with Crippen LogP contribution in [0.1, 0.15) is 51.4 Å². The summed E-state index contributed by atoms with van der Waals surface area (Å²) in [4.78, 5) is 14.1. The maximum absolute atomic E-state index is 12.2. The fourth-order valence-corrected chi connectivity index (χ4v) is 3.03. The maximum atomic E-state index is 12.2. The van der Waals surface area contributed by atoms with Crippen LogP contribution in [0.3, 0.4) is 0 Å². The van der Waals surface area contributed by atoms with Crippen LogP contribution in [0.4, 0.5) is 4.79 Å². The zero-order valence-corrected chi connectivity index (χ0v) is 10.9. The lowest BCUT2D eigenvalue weighted by molar-refractivity contribution is 0.171. The van der Waals surface area contributed by atoms with Crippen molar-refractivity contribution in [1.82, 2.24) is 10.2 Å². The van der Waals surface area contributed by atoms with Crippen LogP contribution in [0.2, 0.25) is 0 Å². The van der Waals surface area contributed by atoms with Crippen LogP contribution in [0, 0.1) is 0 Å². The van der Waals surface area contributed by atoms with Crippen LogP contribution in [0.15, 0.2) is 10.2 Å². The first-order valence-corrected chi connectivity index (χ1v) is 7.27. The number of carbonyl (C=O) groups excluding carboxylic acids is 1. The van der Waals surface area contributed by atoms with E-state index in [-0.39, 0.29) is 11.7 Å². The van der Waals surface area contributed by atoms with Gasteiger partial charge in [0.25, 0.3) is 0 Å². The van der Waals surface area contributed by atoms with Crippen molar-refractivity contribution in [2.24, 2.45) is 10.2 Å². The molecule has 0 radical (unpaired) electrons. The van der Waals surface area contributed by atoms with Crippen molar-refractivity contribution in [2.45, 2.75) is 63.1 Å². The van der Waals surface area contributed by atoms with Gasteiger partial charge in [-0.25, -0.2) is 4.79 Å². The first kappa shape index (κ1) is 11.9. The van der Waals surface area contributed by atoms with Crippen molar-refractivity contribution in [3.8, 4) is 0 Å². The average molecular weight is 250 g/mol. The van der Waals surface area contributed by atoms with Crippen molar-refractivity contribution >= 4 is 6.03 Å². The van der Waals surface area contributed by atoms with Crippen LogP contribution < -0.4 is 5.32 Å². The topological polar surface area (TPSA) is 57.1 Å². The normalized spacial score (nSPS) is 27.0. The molecule has 0 aromatic carbocycles. The third kappa shape index (κ3) is 2.65. The minimum atomic E-state index is -0.0842. The van der Waals surface area contributed by atoms with Gasteiger partial charge in [0, 0.05) is 32.0 Å². The highest BCUT2D eigenvalue weighted by Crippen LogP contribution is 2.38. The number of hydrogen-bond donors (Lipinski definition) is 1. The molecule has 2 heterocycles. The molecular weight excluding hydrogens is 228 g/mol. The lowest BCUT2D eigenvalue weighted by Crippen LogP contribution is -2.49. The molecule has 18 heavy (non-hydrogen) atoms. The fraction of sp³-hybridized carbons (Fsp3) is 0.923. The molecule has 5 nitrogen and oxygen atoms in total. The molecule has 0 atom stereocenters. The second kappa shape index (κ2) is 4.86. The molecule has 2 aliphatic heterocycles. The molecule has 1 saturated carbocycles. The minimum Gasteiger partial charge on any atom is -0.335 e. The van der Waals surface area contributed by atoms with E-state index in [1.807, 2.05) is 4.90 Å². The van der Waals surface area contributed by atoms with Gasteiger partial charge in [-0.1, -0.05) is 25.7 Å². The summed E-state index contributed by atoms with van der Waals surface area (Å²) in [5.74, 6) is 0. The van der Waals surface area contributed by atoms with E-state index in [1.165, 1.54) is 25.7 Å². The van der Waals surface area contributed by atoms with E-state index in [2.05, 4.69) is 15.5 Å². The number of nitrogens with one attached hydrogen (secondary N) is 1. The molecule has 3 aliphatic rings. The number of piperidine rings is 1. The van der Waals surface area contributed by atoms with E-state index in [0.29, 0.717) is 6.04 Å². The lowest BCUT2D eigenvalue weighted by Gasteiger charge is -2.31. The van der Waals surface area contributed by atoms with Gasteiger partial charge in [0.1, 0.15) is 0 Å². The van der Waals surface area contributed by atoms with E-state index in [9.17, 15) is 4.79 Å². The fourth-order valence-electron chi connectivity index (χ4n) is 3.03. The molecule has 3 rings (SSSR count). The summed E-state index contributed by atoms with van der Waals surface area (Å²) in [5.41, 5.74) is -0.0842. The van der Waals surface area contributed by atoms with Crippen molar-refractivity contribution in [3.05, 3.63) is 0 Å². The van der Waals surface area contributed by atoms with E-state index >= 15 is 0 Å². The number of hydrogen-bond acceptors (Lipinski definition) is 3. The molecule has 0 aromatic rings. The molecule has 0 bridgehead atoms. The number of likely N-dealkylation sites (tertiary alicyclic amines) is 1. The lowest BCUT2D eigenvalue weighted by atomic mass is 10.0. The van der Waals surface area contributed by atoms with Gasteiger partial charge in [-0.3, -0.25) is 0 Å². The SMILES string of the molecule is O=C(NC1CCCCCC1)N1CCC2(CC1)N=N2. The summed E-state index contributed by atoms with van der Waals surface area (Å²) in [6.45, 7) is 1.59. The number of rotatable bonds is 1. The van der Waals surface area contributed by atoms with Crippen LogP contribution in [-0.4, -0.2) is 35.7 Å². The van der Waals surface area contributed by atoms with Crippen LogP contribution in [0.25, 0.3) is 0 Å². The van der Waals surface area contributed by atoms with Crippen molar-refractivity contribution in [2.75, 3.05) is 13.1 Å². The Kier molecular flexibility index (Phi) is 3.22. The average Bonchev–Trinajstić information content (AvgIpc) is 3.16. The third-order valence-corrected chi connectivity index (χ3v) is 4.42. The van der Waals surface area contributed by atoms with Crippen molar-refractivity contribution in [3.63, 3.8) is 0 Å². The smallest absolute Gasteiger partial charge is 0.317 e. The molecule has 2 fully saturated rings. The molecule has 1 N–H and O–H groups in total. The zero-order valence-electron chi connectivity index (χ0n) is 10.9. The number of amides is 2. The van der Waals surface area contributed by atoms with Gasteiger partial charge in [0.05, 0.1) is 0 Å². The molecule has 100 valence electrons. The highest BCUT2D eigenvalue weighted by Gasteiger charge is 2.43. The quantitative estimate of drug-likeness (QED) is 0.715. The van der Waals surface area contributed by atoms with Gasteiger partial charge in [-0.15, -0.1) is 0 Å². The summed E-state index contributed by atoms with van der Waals surface area (Å²) >= 11 is 0. The van der Waals surface area contributed by atoms with Gasteiger partial charge in [-0.2, -0.15) is 10.2 Å². The Bertz CT molecular complexity index is 331. The van der Waals surface area contributed by atoms with Crippen LogP contribution >= 0.6 is 0 Å². The Morgan fingerprint density at radius 3 is 2.22 bits per heavy atom. The number of carbonyl (C=O) groups is 1. The third-order valence-electron chi connectivity index (χ3n) is 4.42. The second-order valence-corrected chi connectivity index (χ2v) is 5.81. The standard InChI is InChI=1S/C13H22N4O/c18-12(14-11-5-3-1-2-4-6-11)17-9-7-13(8-10-17)15-16-13/h11H,1-10H2,(H,14,18). The number of nitrogens with zero attached hydrogens (tertiary/aromatic N) is 3. The van der Waals surface area contributed by atoms with Gasteiger partial charge in [0.2, 0.25) is 0 Å². The molecular formula is C13H22N4O.